The van der Waals surface area contributed by atoms with E-state index in [4.69, 9.17) is 14.2 Å². The number of hydrogen-bond donors (Lipinski definition) is 0. The van der Waals surface area contributed by atoms with E-state index in [0.29, 0.717) is 13.2 Å². The normalized spacial score (nSPS) is 25.5. The molecule has 2 fully saturated rings. The highest BCUT2D eigenvalue weighted by molar-refractivity contribution is 8.02. The van der Waals surface area contributed by atoms with E-state index in [1.165, 1.54) is 18.4 Å². The van der Waals surface area contributed by atoms with Crippen LogP contribution in [-0.4, -0.2) is 34.6 Å². The Labute approximate surface area is 144 Å². The second-order valence-electron chi connectivity index (χ2n) is 7.68. The standard InChI is InChI=1S/C19H28O3S/c1-17(2,16-13-21-18(3,4)22-16)23-19(10-11-19)14-20-12-15-8-6-5-7-9-15/h5-9,16H,10-14H2,1-4H3. The fraction of sp³-hybridized carbons (Fsp3) is 0.684. The van der Waals surface area contributed by atoms with E-state index in [9.17, 15) is 0 Å². The first-order valence-electron chi connectivity index (χ1n) is 8.44. The van der Waals surface area contributed by atoms with Crippen LogP contribution in [0.25, 0.3) is 0 Å². The zero-order valence-electron chi connectivity index (χ0n) is 14.6. The molecule has 0 bridgehead atoms. The van der Waals surface area contributed by atoms with E-state index in [0.717, 1.165) is 6.61 Å². The van der Waals surface area contributed by atoms with Gasteiger partial charge in [0.15, 0.2) is 5.79 Å². The molecule has 1 aliphatic heterocycles. The molecule has 3 nitrogen and oxygen atoms in total. The van der Waals surface area contributed by atoms with Crippen LogP contribution in [0.2, 0.25) is 0 Å². The van der Waals surface area contributed by atoms with Gasteiger partial charge in [0.25, 0.3) is 0 Å². The Kier molecular flexibility index (Phi) is 4.81. The zero-order chi connectivity index (χ0) is 16.6. The number of thioether (sulfide) groups is 1. The van der Waals surface area contributed by atoms with Crippen LogP contribution in [0.15, 0.2) is 30.3 Å². The van der Waals surface area contributed by atoms with Crippen molar-refractivity contribution in [2.75, 3.05) is 13.2 Å². The first-order chi connectivity index (χ1) is 10.8. The van der Waals surface area contributed by atoms with Crippen LogP contribution in [0.4, 0.5) is 0 Å². The van der Waals surface area contributed by atoms with Crippen LogP contribution in [0, 0.1) is 0 Å². The lowest BCUT2D eigenvalue weighted by Gasteiger charge is -2.34. The van der Waals surface area contributed by atoms with E-state index in [1.807, 2.05) is 31.7 Å². The molecule has 4 heteroatoms. The Morgan fingerprint density at radius 3 is 2.48 bits per heavy atom. The molecular formula is C19H28O3S. The van der Waals surface area contributed by atoms with Crippen LogP contribution in [0.1, 0.15) is 46.1 Å². The number of ether oxygens (including phenoxy) is 3. The molecule has 0 radical (unpaired) electrons. The van der Waals surface area contributed by atoms with Crippen LogP contribution in [0.5, 0.6) is 0 Å². The highest BCUT2D eigenvalue weighted by Gasteiger charge is 2.51. The quantitative estimate of drug-likeness (QED) is 0.738. The second kappa shape index (κ2) is 6.40. The predicted octanol–water partition coefficient (Wildman–Crippen LogP) is 4.40. The summed E-state index contributed by atoms with van der Waals surface area (Å²) < 4.78 is 18.1. The first kappa shape index (κ1) is 17.3. The molecule has 1 saturated heterocycles. The largest absolute Gasteiger partial charge is 0.375 e. The molecule has 0 amide bonds. The minimum absolute atomic E-state index is 0.0282. The van der Waals surface area contributed by atoms with Crippen molar-refractivity contribution in [2.45, 2.75) is 68.5 Å². The molecule has 1 atom stereocenters. The maximum absolute atomic E-state index is 6.08. The third-order valence-electron chi connectivity index (χ3n) is 4.55. The van der Waals surface area contributed by atoms with E-state index in [1.54, 1.807) is 0 Å². The maximum atomic E-state index is 6.08. The second-order valence-corrected chi connectivity index (χ2v) is 9.81. The van der Waals surface area contributed by atoms with Gasteiger partial charge in [-0.05, 0) is 46.1 Å². The summed E-state index contributed by atoms with van der Waals surface area (Å²) >= 11 is 2.02. The Morgan fingerprint density at radius 2 is 1.91 bits per heavy atom. The smallest absolute Gasteiger partial charge is 0.163 e. The van der Waals surface area contributed by atoms with Crippen molar-refractivity contribution >= 4 is 11.8 Å². The van der Waals surface area contributed by atoms with Gasteiger partial charge in [0.1, 0.15) is 0 Å². The average molecular weight is 336 g/mol. The van der Waals surface area contributed by atoms with Gasteiger partial charge in [-0.25, -0.2) is 0 Å². The van der Waals surface area contributed by atoms with Crippen molar-refractivity contribution in [3.05, 3.63) is 35.9 Å². The monoisotopic (exact) mass is 336 g/mol. The van der Waals surface area contributed by atoms with Gasteiger partial charge < -0.3 is 14.2 Å². The lowest BCUT2D eigenvalue weighted by molar-refractivity contribution is -0.141. The molecule has 128 valence electrons. The highest BCUT2D eigenvalue weighted by atomic mass is 32.2. The lowest BCUT2D eigenvalue weighted by Crippen LogP contribution is -2.39. The van der Waals surface area contributed by atoms with Crippen molar-refractivity contribution in [2.24, 2.45) is 0 Å². The van der Waals surface area contributed by atoms with Gasteiger partial charge in [-0.3, -0.25) is 0 Å². The van der Waals surface area contributed by atoms with Gasteiger partial charge in [-0.2, -0.15) is 0 Å². The third-order valence-corrected chi connectivity index (χ3v) is 6.30. The molecule has 3 rings (SSSR count). The molecule has 1 unspecified atom stereocenters. The van der Waals surface area contributed by atoms with Gasteiger partial charge in [0.05, 0.1) is 25.9 Å². The van der Waals surface area contributed by atoms with Crippen LogP contribution in [0.3, 0.4) is 0 Å². The summed E-state index contributed by atoms with van der Waals surface area (Å²) in [5, 5.41) is 0. The summed E-state index contributed by atoms with van der Waals surface area (Å²) in [7, 11) is 0. The molecular weight excluding hydrogens is 308 g/mol. The van der Waals surface area contributed by atoms with Crippen LogP contribution >= 0.6 is 11.8 Å². The molecule has 1 aromatic carbocycles. The fourth-order valence-corrected chi connectivity index (χ4v) is 4.81. The topological polar surface area (TPSA) is 27.7 Å². The summed E-state index contributed by atoms with van der Waals surface area (Å²) in [5.41, 5.74) is 1.24. The summed E-state index contributed by atoms with van der Waals surface area (Å²) in [5.74, 6) is -0.455. The molecule has 1 aliphatic carbocycles. The summed E-state index contributed by atoms with van der Waals surface area (Å²) in [6, 6.07) is 10.4. The molecule has 1 heterocycles. The van der Waals surface area contributed by atoms with Crippen molar-refractivity contribution in [1.29, 1.82) is 0 Å². The van der Waals surface area contributed by atoms with Crippen molar-refractivity contribution < 1.29 is 14.2 Å². The maximum Gasteiger partial charge on any atom is 0.163 e. The van der Waals surface area contributed by atoms with Gasteiger partial charge >= 0.3 is 0 Å². The predicted molar refractivity (Wildman–Crippen MR) is 94.6 cm³/mol. The number of hydrogen-bond acceptors (Lipinski definition) is 4. The Bertz CT molecular complexity index is 523. The molecule has 1 saturated carbocycles. The minimum Gasteiger partial charge on any atom is -0.375 e. The van der Waals surface area contributed by atoms with Crippen LogP contribution in [-0.2, 0) is 20.8 Å². The number of rotatable bonds is 7. The molecule has 0 spiro atoms. The number of benzene rings is 1. The summed E-state index contributed by atoms with van der Waals surface area (Å²) in [4.78, 5) is 0. The third kappa shape index (κ3) is 4.50. The SMILES string of the molecule is CC1(C)OCC(C(C)(C)SC2(COCc3ccccc3)CC2)O1. The minimum atomic E-state index is -0.455. The van der Waals surface area contributed by atoms with Gasteiger partial charge in [0.2, 0.25) is 0 Å². The fourth-order valence-electron chi connectivity index (χ4n) is 3.00. The van der Waals surface area contributed by atoms with Gasteiger partial charge in [-0.15, -0.1) is 11.8 Å². The van der Waals surface area contributed by atoms with Gasteiger partial charge in [-0.1, -0.05) is 30.3 Å². The molecule has 1 aromatic rings. The molecule has 23 heavy (non-hydrogen) atoms. The Balaban J connectivity index is 1.50. The lowest BCUT2D eigenvalue weighted by atomic mass is 10.1. The van der Waals surface area contributed by atoms with E-state index in [2.05, 4.69) is 38.1 Å². The Morgan fingerprint density at radius 1 is 1.22 bits per heavy atom. The van der Waals surface area contributed by atoms with Crippen molar-refractivity contribution in [3.63, 3.8) is 0 Å². The first-order valence-corrected chi connectivity index (χ1v) is 9.26. The van der Waals surface area contributed by atoms with Crippen molar-refractivity contribution in [3.8, 4) is 0 Å². The molecule has 0 aromatic heterocycles. The van der Waals surface area contributed by atoms with E-state index < -0.39 is 5.79 Å². The zero-order valence-corrected chi connectivity index (χ0v) is 15.4. The van der Waals surface area contributed by atoms with E-state index >= 15 is 0 Å². The summed E-state index contributed by atoms with van der Waals surface area (Å²) in [6.07, 6.45) is 2.59. The average Bonchev–Trinajstić information content (AvgIpc) is 3.12. The Hall–Kier alpha value is -0.550. The van der Waals surface area contributed by atoms with Crippen LogP contribution < -0.4 is 0 Å². The van der Waals surface area contributed by atoms with E-state index in [-0.39, 0.29) is 15.6 Å². The highest BCUT2D eigenvalue weighted by Crippen LogP contribution is 2.55. The van der Waals surface area contributed by atoms with Gasteiger partial charge in [0, 0.05) is 9.49 Å². The molecule has 2 aliphatic rings. The summed E-state index contributed by atoms with van der Waals surface area (Å²) in [6.45, 7) is 10.7. The molecule has 0 N–H and O–H groups in total. The van der Waals surface area contributed by atoms with Crippen molar-refractivity contribution in [1.82, 2.24) is 0 Å².